The van der Waals surface area contributed by atoms with Crippen LogP contribution < -0.4 is 21.3 Å². The maximum Gasteiger partial charge on any atom is 0.242 e. The molecule has 7 nitrogen and oxygen atoms in total. The van der Waals surface area contributed by atoms with Crippen molar-refractivity contribution >= 4 is 17.7 Å². The van der Waals surface area contributed by atoms with Gasteiger partial charge in [-0.25, -0.2) is 0 Å². The molecule has 0 radical (unpaired) electrons. The molecule has 3 amide bonds. The minimum Gasteiger partial charge on any atom is -0.355 e. The highest BCUT2D eigenvalue weighted by atomic mass is 16.2. The molecule has 0 aliphatic heterocycles. The minimum absolute atomic E-state index is 0.0134. The normalized spacial score (nSPS) is 14.3. The van der Waals surface area contributed by atoms with E-state index >= 15 is 0 Å². The number of allylic oxidation sites excluding steroid dienone is 1. The van der Waals surface area contributed by atoms with Crippen LogP contribution in [0.3, 0.4) is 0 Å². The van der Waals surface area contributed by atoms with Gasteiger partial charge < -0.3 is 21.3 Å². The molecule has 0 heterocycles. The average molecular weight is 397 g/mol. The van der Waals surface area contributed by atoms with Gasteiger partial charge in [0.05, 0.1) is 6.04 Å². The second-order valence-corrected chi connectivity index (χ2v) is 7.98. The summed E-state index contributed by atoms with van der Waals surface area (Å²) in [5, 5.41) is 11.8. The molecule has 0 aliphatic rings. The van der Waals surface area contributed by atoms with Gasteiger partial charge in [-0.15, -0.1) is 6.58 Å². The van der Waals surface area contributed by atoms with E-state index in [1.165, 1.54) is 0 Å². The highest BCUT2D eigenvalue weighted by molar-refractivity contribution is 5.89. The van der Waals surface area contributed by atoms with Gasteiger partial charge in [-0.2, -0.15) is 0 Å². The van der Waals surface area contributed by atoms with Gasteiger partial charge in [0, 0.05) is 25.6 Å². The lowest BCUT2D eigenvalue weighted by atomic mass is 10.0. The summed E-state index contributed by atoms with van der Waals surface area (Å²) in [5.74, 6) is -0.0174. The van der Waals surface area contributed by atoms with Crippen molar-refractivity contribution in [2.75, 3.05) is 13.1 Å². The molecule has 0 fully saturated rings. The van der Waals surface area contributed by atoms with Crippen LogP contribution in [0.4, 0.5) is 0 Å². The summed E-state index contributed by atoms with van der Waals surface area (Å²) in [6, 6.07) is -1.10. The van der Waals surface area contributed by atoms with Crippen molar-refractivity contribution < 1.29 is 14.4 Å². The monoisotopic (exact) mass is 396 g/mol. The maximum absolute atomic E-state index is 12.5. The van der Waals surface area contributed by atoms with E-state index < -0.39 is 12.1 Å². The lowest BCUT2D eigenvalue weighted by molar-refractivity contribution is -0.130. The Balaban J connectivity index is 4.73. The summed E-state index contributed by atoms with van der Waals surface area (Å²) in [4.78, 5) is 36.7. The second kappa shape index (κ2) is 14.2. The lowest BCUT2D eigenvalue weighted by Gasteiger charge is -2.26. The third-order valence-corrected chi connectivity index (χ3v) is 4.36. The zero-order valence-electron chi connectivity index (χ0n) is 18.4. The van der Waals surface area contributed by atoms with Gasteiger partial charge in [-0.3, -0.25) is 14.4 Å². The Kier molecular flexibility index (Phi) is 13.2. The van der Waals surface area contributed by atoms with E-state index in [0.29, 0.717) is 31.8 Å². The number of nitrogens with one attached hydrogen (secondary N) is 4. The highest BCUT2D eigenvalue weighted by Crippen LogP contribution is 2.06. The first-order valence-electron chi connectivity index (χ1n) is 10.3. The number of likely N-dealkylation sites (N-methyl/N-ethyl adjacent to an activating group) is 1. The molecule has 0 saturated carbocycles. The van der Waals surface area contributed by atoms with Crippen LogP contribution in [0.25, 0.3) is 0 Å². The molecule has 0 saturated heterocycles. The fourth-order valence-electron chi connectivity index (χ4n) is 2.80. The molecule has 0 spiro atoms. The summed E-state index contributed by atoms with van der Waals surface area (Å²) < 4.78 is 0. The largest absolute Gasteiger partial charge is 0.355 e. The summed E-state index contributed by atoms with van der Waals surface area (Å²) >= 11 is 0. The van der Waals surface area contributed by atoms with Gasteiger partial charge in [0.2, 0.25) is 17.7 Å². The Morgan fingerprint density at radius 2 is 1.64 bits per heavy atom. The molecule has 0 aromatic carbocycles. The van der Waals surface area contributed by atoms with Crippen LogP contribution in [-0.2, 0) is 14.4 Å². The van der Waals surface area contributed by atoms with Crippen molar-refractivity contribution in [3.05, 3.63) is 12.7 Å². The van der Waals surface area contributed by atoms with E-state index in [-0.39, 0.29) is 29.7 Å². The first-order valence-corrected chi connectivity index (χ1v) is 10.3. The summed E-state index contributed by atoms with van der Waals surface area (Å²) in [5.41, 5.74) is 0. The Hall–Kier alpha value is -1.89. The van der Waals surface area contributed by atoms with Gasteiger partial charge in [-0.1, -0.05) is 33.8 Å². The molecule has 2 unspecified atom stereocenters. The molecule has 7 heteroatoms. The molecule has 0 rings (SSSR count). The van der Waals surface area contributed by atoms with E-state index in [1.807, 2.05) is 20.8 Å². The Bertz CT molecular complexity index is 506. The van der Waals surface area contributed by atoms with Crippen molar-refractivity contribution in [3.8, 4) is 0 Å². The number of amides is 3. The summed E-state index contributed by atoms with van der Waals surface area (Å²) in [6.45, 7) is 16.2. The fourth-order valence-corrected chi connectivity index (χ4v) is 2.80. The Labute approximate surface area is 170 Å². The molecule has 162 valence electrons. The minimum atomic E-state index is -0.568. The molecule has 0 aromatic heterocycles. The Morgan fingerprint density at radius 1 is 1.00 bits per heavy atom. The van der Waals surface area contributed by atoms with Crippen molar-refractivity contribution in [1.29, 1.82) is 0 Å². The quantitative estimate of drug-likeness (QED) is 0.336. The number of carbonyl (C=O) groups is 3. The van der Waals surface area contributed by atoms with Gasteiger partial charge >= 0.3 is 0 Å². The molecular weight excluding hydrogens is 356 g/mol. The van der Waals surface area contributed by atoms with E-state index in [9.17, 15) is 14.4 Å². The molecule has 4 N–H and O–H groups in total. The number of carbonyl (C=O) groups excluding carboxylic acids is 3. The zero-order chi connectivity index (χ0) is 21.7. The SMILES string of the molecule is C=CCCC(=O)NC(CN[C@@H](C)C(=O)NC(C(=O)NCC)C(C)C)CC(C)C. The van der Waals surface area contributed by atoms with Gasteiger partial charge in [0.15, 0.2) is 0 Å². The van der Waals surface area contributed by atoms with E-state index in [1.54, 1.807) is 13.0 Å². The predicted molar refractivity (Wildman–Crippen MR) is 114 cm³/mol. The molecule has 0 aromatic rings. The maximum atomic E-state index is 12.5. The smallest absolute Gasteiger partial charge is 0.242 e. The molecule has 0 bridgehead atoms. The van der Waals surface area contributed by atoms with Crippen LogP contribution in [0.15, 0.2) is 12.7 Å². The number of hydrogen-bond donors (Lipinski definition) is 4. The highest BCUT2D eigenvalue weighted by Gasteiger charge is 2.26. The van der Waals surface area contributed by atoms with Crippen molar-refractivity contribution in [3.63, 3.8) is 0 Å². The second-order valence-electron chi connectivity index (χ2n) is 7.98. The van der Waals surface area contributed by atoms with Crippen LogP contribution in [0.1, 0.15) is 60.8 Å². The molecule has 28 heavy (non-hydrogen) atoms. The van der Waals surface area contributed by atoms with Crippen LogP contribution >= 0.6 is 0 Å². The van der Waals surface area contributed by atoms with Crippen LogP contribution in [0.5, 0.6) is 0 Å². The van der Waals surface area contributed by atoms with E-state index in [0.717, 1.165) is 6.42 Å². The summed E-state index contributed by atoms with van der Waals surface area (Å²) in [7, 11) is 0. The molecular formula is C21H40N4O3. The van der Waals surface area contributed by atoms with E-state index in [2.05, 4.69) is 41.7 Å². The van der Waals surface area contributed by atoms with Gasteiger partial charge in [0.25, 0.3) is 0 Å². The molecule has 3 atom stereocenters. The van der Waals surface area contributed by atoms with Crippen molar-refractivity contribution in [1.82, 2.24) is 21.3 Å². The van der Waals surface area contributed by atoms with Crippen LogP contribution in [-0.4, -0.2) is 48.9 Å². The average Bonchev–Trinajstić information content (AvgIpc) is 2.61. The number of rotatable bonds is 14. The van der Waals surface area contributed by atoms with Crippen LogP contribution in [0.2, 0.25) is 0 Å². The van der Waals surface area contributed by atoms with Gasteiger partial charge in [0.1, 0.15) is 6.04 Å². The number of hydrogen-bond acceptors (Lipinski definition) is 4. The first kappa shape index (κ1) is 26.1. The van der Waals surface area contributed by atoms with Gasteiger partial charge in [-0.05, 0) is 38.5 Å². The van der Waals surface area contributed by atoms with Crippen molar-refractivity contribution in [2.45, 2.75) is 78.9 Å². The predicted octanol–water partition coefficient (Wildman–Crippen LogP) is 1.74. The third-order valence-electron chi connectivity index (χ3n) is 4.36. The van der Waals surface area contributed by atoms with Crippen molar-refractivity contribution in [2.24, 2.45) is 11.8 Å². The Morgan fingerprint density at radius 3 is 2.14 bits per heavy atom. The topological polar surface area (TPSA) is 99.3 Å². The fraction of sp³-hybridized carbons (Fsp3) is 0.762. The standard InChI is InChI=1S/C21H40N4O3/c1-8-10-11-18(26)24-17(12-14(3)4)13-23-16(7)20(27)25-19(15(5)6)21(28)22-9-2/h8,14-17,19,23H,1,9-13H2,2-7H3,(H,22,28)(H,24,26)(H,25,27)/t16-,17?,19?/m0/s1. The molecule has 0 aliphatic carbocycles. The lowest BCUT2D eigenvalue weighted by Crippen LogP contribution is -2.55. The van der Waals surface area contributed by atoms with E-state index in [4.69, 9.17) is 0 Å². The zero-order valence-corrected chi connectivity index (χ0v) is 18.4. The summed E-state index contributed by atoms with van der Waals surface area (Å²) in [6.07, 6.45) is 3.59. The van der Waals surface area contributed by atoms with Crippen LogP contribution in [0, 0.1) is 11.8 Å². The third kappa shape index (κ3) is 11.1. The first-order chi connectivity index (χ1) is 13.1.